The van der Waals surface area contributed by atoms with E-state index in [9.17, 15) is 0 Å². The first-order valence-electron chi connectivity index (χ1n) is 0. The average Bonchev–Trinajstić information content (AvgIpc) is 0. The van der Waals surface area contributed by atoms with Crippen LogP contribution in [0.2, 0.25) is 0 Å². The normalized spacial score (nSPS) is 0. The summed E-state index contributed by atoms with van der Waals surface area (Å²) < 4.78 is 0. The second-order valence-electron chi connectivity index (χ2n) is 0. The van der Waals surface area contributed by atoms with E-state index in [1.54, 1.807) is 0 Å². The maximum atomic E-state index is 0. The third-order valence-corrected chi connectivity index (χ3v) is 0. The number of hydrogen-bond donors (Lipinski definition) is 0. The summed E-state index contributed by atoms with van der Waals surface area (Å²) in [4.78, 5) is 0. The van der Waals surface area contributed by atoms with E-state index in [1.165, 1.54) is 0 Å². The molecule has 0 aliphatic rings. The molecule has 0 N–H and O–H groups in total. The Labute approximate surface area is 80.6 Å². The van der Waals surface area contributed by atoms with E-state index >= 15 is 0 Å². The molecule has 4 heavy (non-hydrogen) atoms. The van der Waals surface area contributed by atoms with Crippen molar-refractivity contribution >= 4 is 74.5 Å². The summed E-state index contributed by atoms with van der Waals surface area (Å²) >= 11 is 0. The zero-order valence-corrected chi connectivity index (χ0v) is 15.7. The summed E-state index contributed by atoms with van der Waals surface area (Å²) in [7, 11) is 0. The Hall–Kier alpha value is 2.50. The zero-order chi connectivity index (χ0) is 0. The van der Waals surface area contributed by atoms with Crippen molar-refractivity contribution in [3.63, 3.8) is 0 Å². The summed E-state index contributed by atoms with van der Waals surface area (Å²) in [6.45, 7) is 0. The third kappa shape index (κ3) is 8.82. The first-order chi connectivity index (χ1) is 0. The van der Waals surface area contributed by atoms with Gasteiger partial charge in [-0.3, -0.25) is 0 Å². The second kappa shape index (κ2) is 17.8. The van der Waals surface area contributed by atoms with Gasteiger partial charge < -0.3 is 0 Å². The Balaban J connectivity index is 0. The molecule has 0 spiro atoms. The summed E-state index contributed by atoms with van der Waals surface area (Å²) in [6.07, 6.45) is 0. The molecule has 0 amide bonds. The molecule has 0 heterocycles. The van der Waals surface area contributed by atoms with Crippen molar-refractivity contribution in [2.45, 2.75) is 7.43 Å². The Morgan fingerprint density at radius 1 is 1.00 bits per heavy atom. The molecule has 0 aliphatic carbocycles. The molecule has 0 aromatic carbocycles. The van der Waals surface area contributed by atoms with Gasteiger partial charge in [0.15, 0.2) is 0 Å². The SMILES string of the molecule is C.[BiH3].[SbH3].[SnH2]. The Morgan fingerprint density at radius 2 is 1.00 bits per heavy atom. The summed E-state index contributed by atoms with van der Waals surface area (Å²) in [5, 5.41) is 0. The van der Waals surface area contributed by atoms with Crippen LogP contribution in [0, 0.1) is 0 Å². The van der Waals surface area contributed by atoms with Gasteiger partial charge in [0.1, 0.15) is 0 Å². The van der Waals surface area contributed by atoms with Crippen molar-refractivity contribution in [3.8, 4) is 0 Å². The molecular weight excluding hydrogens is 461 g/mol. The predicted octanol–water partition coefficient (Wildman–Crippen LogP) is -2.65. The van der Waals surface area contributed by atoms with Crippen molar-refractivity contribution in [2.24, 2.45) is 0 Å². The summed E-state index contributed by atoms with van der Waals surface area (Å²) in [5.74, 6) is 0. The van der Waals surface area contributed by atoms with Crippen LogP contribution in [0.4, 0.5) is 0 Å². The van der Waals surface area contributed by atoms with Crippen LogP contribution in [-0.2, 0) is 0 Å². The molecule has 0 aromatic heterocycles. The van der Waals surface area contributed by atoms with Gasteiger partial charge in [0, 0.05) is 0 Å². The number of hydrogen-bond acceptors (Lipinski definition) is 0. The molecule has 30 valence electrons. The van der Waals surface area contributed by atoms with Gasteiger partial charge in [-0.05, 0) is 0 Å². The average molecular weight is 474 g/mol. The molecule has 3 heteroatoms. The van der Waals surface area contributed by atoms with E-state index in [2.05, 4.69) is 0 Å². The zero-order valence-electron chi connectivity index (χ0n) is 2.12. The minimum absolute atomic E-state index is 0. The van der Waals surface area contributed by atoms with E-state index in [1.807, 2.05) is 0 Å². The van der Waals surface area contributed by atoms with Crippen LogP contribution >= 0.6 is 0 Å². The van der Waals surface area contributed by atoms with Crippen molar-refractivity contribution in [2.75, 3.05) is 0 Å². The van der Waals surface area contributed by atoms with Crippen LogP contribution in [0.1, 0.15) is 7.43 Å². The van der Waals surface area contributed by atoms with Gasteiger partial charge in [-0.2, -0.15) is 0 Å². The molecule has 0 nitrogen and oxygen atoms in total. The quantitative estimate of drug-likeness (QED) is 0.338. The first kappa shape index (κ1) is 31.5. The van der Waals surface area contributed by atoms with Crippen molar-refractivity contribution in [3.05, 3.63) is 0 Å². The van der Waals surface area contributed by atoms with Crippen molar-refractivity contribution < 1.29 is 0 Å². The van der Waals surface area contributed by atoms with Crippen molar-refractivity contribution in [1.82, 2.24) is 0 Å². The fourth-order valence-corrected chi connectivity index (χ4v) is 0. The van der Waals surface area contributed by atoms with Crippen LogP contribution in [0.3, 0.4) is 0 Å². The predicted molar refractivity (Wildman–Crippen MR) is 35.2 cm³/mol. The fraction of sp³-hybridized carbons (Fsp3) is 1.00. The van der Waals surface area contributed by atoms with E-state index in [0.29, 0.717) is 0 Å². The molecular formula is CH12BiSbSn. The fourth-order valence-electron chi connectivity index (χ4n) is 0. The van der Waals surface area contributed by atoms with Crippen LogP contribution in [0.15, 0.2) is 0 Å². The van der Waals surface area contributed by atoms with Gasteiger partial charge in [-0.1, -0.05) is 7.43 Å². The Bertz CT molecular complexity index is 8.00. The molecule has 0 saturated heterocycles. The first-order valence-corrected chi connectivity index (χ1v) is 0. The molecule has 0 saturated carbocycles. The van der Waals surface area contributed by atoms with E-state index in [0.717, 1.165) is 0 Å². The van der Waals surface area contributed by atoms with Crippen molar-refractivity contribution in [1.29, 1.82) is 0 Å². The van der Waals surface area contributed by atoms with Gasteiger partial charge in [0.2, 0.25) is 0 Å². The molecule has 0 aliphatic heterocycles. The van der Waals surface area contributed by atoms with E-state index in [4.69, 9.17) is 0 Å². The van der Waals surface area contributed by atoms with Gasteiger partial charge >= 0.3 is 74.5 Å². The van der Waals surface area contributed by atoms with E-state index in [-0.39, 0.29) is 82.0 Å². The topological polar surface area (TPSA) is 0 Å². The third-order valence-electron chi connectivity index (χ3n) is 0. The van der Waals surface area contributed by atoms with Gasteiger partial charge in [-0.15, -0.1) is 0 Å². The molecule has 0 bridgehead atoms. The monoisotopic (exact) mass is 474 g/mol. The van der Waals surface area contributed by atoms with Gasteiger partial charge in [0.05, 0.1) is 0 Å². The van der Waals surface area contributed by atoms with Crippen LogP contribution in [0.25, 0.3) is 0 Å². The van der Waals surface area contributed by atoms with Gasteiger partial charge in [-0.25, -0.2) is 0 Å². The maximum absolute atomic E-state index is 0. The molecule has 0 atom stereocenters. The molecule has 0 aromatic rings. The van der Waals surface area contributed by atoms with Crippen LogP contribution in [-0.4, -0.2) is 74.5 Å². The summed E-state index contributed by atoms with van der Waals surface area (Å²) in [5.41, 5.74) is 0. The molecule has 0 fully saturated rings. The molecule has 0 unspecified atom stereocenters. The minimum atomic E-state index is 0. The molecule has 2 radical (unpaired) electrons. The summed E-state index contributed by atoms with van der Waals surface area (Å²) in [6, 6.07) is 0. The van der Waals surface area contributed by atoms with E-state index < -0.39 is 0 Å². The van der Waals surface area contributed by atoms with Crippen LogP contribution in [0.5, 0.6) is 0 Å². The van der Waals surface area contributed by atoms with Gasteiger partial charge in [0.25, 0.3) is 0 Å². The number of rotatable bonds is 0. The Kier molecular flexibility index (Phi) is 140. The second-order valence-corrected chi connectivity index (χ2v) is 0. The Morgan fingerprint density at radius 3 is 1.00 bits per heavy atom. The molecule has 0 rings (SSSR count). The van der Waals surface area contributed by atoms with Crippen LogP contribution < -0.4 is 0 Å². The standard InChI is InChI=1S/CH4.Bi.Sb.Sn.8H/h1H4;;;;;;;;;;;.